The maximum atomic E-state index is 12.2. The molecule has 0 saturated heterocycles. The molecule has 2 aliphatic carbocycles. The van der Waals surface area contributed by atoms with Crippen LogP contribution in [0.25, 0.3) is 0 Å². The van der Waals surface area contributed by atoms with Crippen molar-refractivity contribution in [3.05, 3.63) is 0 Å². The SMILES string of the molecule is COC1CCC(CNC(=O)[C@@H]2CCC[C@@H]2CN)CC1. The van der Waals surface area contributed by atoms with E-state index < -0.39 is 0 Å². The summed E-state index contributed by atoms with van der Waals surface area (Å²) in [6, 6.07) is 0. The number of hydrogen-bond donors (Lipinski definition) is 2. The van der Waals surface area contributed by atoms with E-state index in [0.717, 1.165) is 38.6 Å². The van der Waals surface area contributed by atoms with Gasteiger partial charge in [-0.2, -0.15) is 0 Å². The fourth-order valence-electron chi connectivity index (χ4n) is 3.61. The molecule has 4 nitrogen and oxygen atoms in total. The topological polar surface area (TPSA) is 64.3 Å². The lowest BCUT2D eigenvalue weighted by Gasteiger charge is -2.28. The Morgan fingerprint density at radius 1 is 1.21 bits per heavy atom. The summed E-state index contributed by atoms with van der Waals surface area (Å²) in [7, 11) is 1.79. The summed E-state index contributed by atoms with van der Waals surface area (Å²) in [4.78, 5) is 12.2. The van der Waals surface area contributed by atoms with Crippen molar-refractivity contribution in [2.45, 2.75) is 51.0 Å². The molecule has 0 aromatic heterocycles. The van der Waals surface area contributed by atoms with Gasteiger partial charge in [-0.15, -0.1) is 0 Å². The van der Waals surface area contributed by atoms with Gasteiger partial charge in [0.2, 0.25) is 5.91 Å². The van der Waals surface area contributed by atoms with Crippen molar-refractivity contribution in [1.29, 1.82) is 0 Å². The van der Waals surface area contributed by atoms with Gasteiger partial charge < -0.3 is 15.8 Å². The first kappa shape index (κ1) is 14.8. The zero-order chi connectivity index (χ0) is 13.7. The van der Waals surface area contributed by atoms with Gasteiger partial charge in [0.15, 0.2) is 0 Å². The zero-order valence-electron chi connectivity index (χ0n) is 12.1. The van der Waals surface area contributed by atoms with Gasteiger partial charge in [-0.1, -0.05) is 6.42 Å². The van der Waals surface area contributed by atoms with Gasteiger partial charge in [0.1, 0.15) is 0 Å². The van der Waals surface area contributed by atoms with Crippen LogP contribution in [-0.2, 0) is 9.53 Å². The van der Waals surface area contributed by atoms with Crippen molar-refractivity contribution >= 4 is 5.91 Å². The normalized spacial score (nSPS) is 35.3. The van der Waals surface area contributed by atoms with Crippen LogP contribution < -0.4 is 11.1 Å². The monoisotopic (exact) mass is 268 g/mol. The van der Waals surface area contributed by atoms with Gasteiger partial charge in [0.05, 0.1) is 6.10 Å². The van der Waals surface area contributed by atoms with E-state index in [-0.39, 0.29) is 11.8 Å². The first-order chi connectivity index (χ1) is 9.24. The highest BCUT2D eigenvalue weighted by Crippen LogP contribution is 2.31. The standard InChI is InChI=1S/C15H28N2O2/c1-19-13-7-5-11(6-8-13)10-17-15(18)14-4-2-3-12(14)9-16/h11-14H,2-10,16H2,1H3,(H,17,18)/t11?,12-,13?,14-/m1/s1. The number of rotatable bonds is 5. The highest BCUT2D eigenvalue weighted by Gasteiger charge is 2.32. The molecule has 0 heterocycles. The summed E-state index contributed by atoms with van der Waals surface area (Å²) < 4.78 is 5.37. The summed E-state index contributed by atoms with van der Waals surface area (Å²) >= 11 is 0. The third-order valence-electron chi connectivity index (χ3n) is 4.99. The molecule has 0 spiro atoms. The van der Waals surface area contributed by atoms with E-state index in [1.165, 1.54) is 12.8 Å². The van der Waals surface area contributed by atoms with Crippen LogP contribution in [0.15, 0.2) is 0 Å². The molecule has 0 radical (unpaired) electrons. The molecule has 2 rings (SSSR count). The number of nitrogens with two attached hydrogens (primary N) is 1. The molecule has 0 aromatic carbocycles. The van der Waals surface area contributed by atoms with Gasteiger partial charge in [-0.05, 0) is 56.9 Å². The Morgan fingerprint density at radius 2 is 1.95 bits per heavy atom. The van der Waals surface area contributed by atoms with Gasteiger partial charge in [-0.25, -0.2) is 0 Å². The Balaban J connectivity index is 1.69. The second-order valence-corrected chi connectivity index (χ2v) is 6.16. The van der Waals surface area contributed by atoms with E-state index in [0.29, 0.717) is 24.5 Å². The molecule has 110 valence electrons. The first-order valence-corrected chi connectivity index (χ1v) is 7.75. The zero-order valence-corrected chi connectivity index (χ0v) is 12.1. The number of carbonyl (C=O) groups excluding carboxylic acids is 1. The van der Waals surface area contributed by atoms with Gasteiger partial charge in [0, 0.05) is 19.6 Å². The maximum Gasteiger partial charge on any atom is 0.223 e. The van der Waals surface area contributed by atoms with E-state index in [1.807, 2.05) is 0 Å². The van der Waals surface area contributed by atoms with Crippen LogP contribution in [0.4, 0.5) is 0 Å². The van der Waals surface area contributed by atoms with Crippen molar-refractivity contribution in [3.63, 3.8) is 0 Å². The number of hydrogen-bond acceptors (Lipinski definition) is 3. The molecule has 0 bridgehead atoms. The molecule has 0 aromatic rings. The molecule has 2 atom stereocenters. The number of ether oxygens (including phenoxy) is 1. The molecule has 2 aliphatic rings. The average Bonchev–Trinajstić information content (AvgIpc) is 2.93. The minimum atomic E-state index is 0.167. The smallest absolute Gasteiger partial charge is 0.223 e. The lowest BCUT2D eigenvalue weighted by atomic mass is 9.87. The first-order valence-electron chi connectivity index (χ1n) is 7.75. The van der Waals surface area contributed by atoms with E-state index in [9.17, 15) is 4.79 Å². The molecule has 19 heavy (non-hydrogen) atoms. The summed E-state index contributed by atoms with van der Waals surface area (Å²) in [5.41, 5.74) is 5.74. The van der Waals surface area contributed by atoms with Gasteiger partial charge in [-0.3, -0.25) is 4.79 Å². The lowest BCUT2D eigenvalue weighted by molar-refractivity contribution is -0.126. The molecule has 0 aliphatic heterocycles. The van der Waals surface area contributed by atoms with Crippen molar-refractivity contribution in [2.75, 3.05) is 20.2 Å². The minimum absolute atomic E-state index is 0.167. The minimum Gasteiger partial charge on any atom is -0.381 e. The molecular weight excluding hydrogens is 240 g/mol. The van der Waals surface area contributed by atoms with Crippen LogP contribution in [0, 0.1) is 17.8 Å². The molecule has 0 unspecified atom stereocenters. The van der Waals surface area contributed by atoms with Crippen LogP contribution in [0.3, 0.4) is 0 Å². The summed E-state index contributed by atoms with van der Waals surface area (Å²) in [6.07, 6.45) is 8.32. The lowest BCUT2D eigenvalue weighted by Crippen LogP contribution is -2.38. The van der Waals surface area contributed by atoms with E-state index >= 15 is 0 Å². The van der Waals surface area contributed by atoms with Crippen molar-refractivity contribution in [3.8, 4) is 0 Å². The second-order valence-electron chi connectivity index (χ2n) is 6.16. The Hall–Kier alpha value is -0.610. The largest absolute Gasteiger partial charge is 0.381 e. The fourth-order valence-corrected chi connectivity index (χ4v) is 3.61. The Bertz CT molecular complexity index is 288. The number of carbonyl (C=O) groups is 1. The van der Waals surface area contributed by atoms with Crippen molar-refractivity contribution in [1.82, 2.24) is 5.32 Å². The molecule has 3 N–H and O–H groups in total. The quantitative estimate of drug-likeness (QED) is 0.797. The van der Waals surface area contributed by atoms with Gasteiger partial charge >= 0.3 is 0 Å². The van der Waals surface area contributed by atoms with Crippen molar-refractivity contribution < 1.29 is 9.53 Å². The number of methoxy groups -OCH3 is 1. The molecule has 2 fully saturated rings. The van der Waals surface area contributed by atoms with Gasteiger partial charge in [0.25, 0.3) is 0 Å². The van der Waals surface area contributed by atoms with Crippen LogP contribution in [-0.4, -0.2) is 32.2 Å². The Labute approximate surface area is 116 Å². The average molecular weight is 268 g/mol. The number of amides is 1. The van der Waals surface area contributed by atoms with E-state index in [2.05, 4.69) is 5.32 Å². The van der Waals surface area contributed by atoms with Crippen molar-refractivity contribution in [2.24, 2.45) is 23.5 Å². The molecule has 2 saturated carbocycles. The number of nitrogens with one attached hydrogen (secondary N) is 1. The molecular formula is C15H28N2O2. The van der Waals surface area contributed by atoms with E-state index in [1.54, 1.807) is 7.11 Å². The third kappa shape index (κ3) is 3.93. The van der Waals surface area contributed by atoms with E-state index in [4.69, 9.17) is 10.5 Å². The second kappa shape index (κ2) is 7.25. The van der Waals surface area contributed by atoms with Crippen LogP contribution in [0.2, 0.25) is 0 Å². The predicted octanol–water partition coefficient (Wildman–Crippen LogP) is 1.68. The maximum absolute atomic E-state index is 12.2. The Kier molecular flexibility index (Phi) is 5.64. The van der Waals surface area contributed by atoms with Crippen LogP contribution in [0.1, 0.15) is 44.9 Å². The predicted molar refractivity (Wildman–Crippen MR) is 75.7 cm³/mol. The molecule has 1 amide bonds. The van der Waals surface area contributed by atoms with Crippen LogP contribution in [0.5, 0.6) is 0 Å². The highest BCUT2D eigenvalue weighted by atomic mass is 16.5. The highest BCUT2D eigenvalue weighted by molar-refractivity contribution is 5.79. The Morgan fingerprint density at radius 3 is 2.58 bits per heavy atom. The third-order valence-corrected chi connectivity index (χ3v) is 4.99. The summed E-state index contributed by atoms with van der Waals surface area (Å²) in [5.74, 6) is 1.44. The summed E-state index contributed by atoms with van der Waals surface area (Å²) in [5, 5.41) is 3.16. The van der Waals surface area contributed by atoms with Crippen LogP contribution >= 0.6 is 0 Å². The fraction of sp³-hybridized carbons (Fsp3) is 0.933. The molecule has 4 heteroatoms. The summed E-state index contributed by atoms with van der Waals surface area (Å²) in [6.45, 7) is 1.49.